The molecule has 0 bridgehead atoms. The van der Waals surface area contributed by atoms with Crippen LogP contribution in [0.2, 0.25) is 0 Å². The highest BCUT2D eigenvalue weighted by Gasteiger charge is 2.01. The van der Waals surface area contributed by atoms with Crippen molar-refractivity contribution in [1.82, 2.24) is 5.32 Å². The van der Waals surface area contributed by atoms with Crippen molar-refractivity contribution in [1.29, 1.82) is 0 Å². The zero-order valence-corrected chi connectivity index (χ0v) is 10.5. The molecule has 0 aliphatic carbocycles. The van der Waals surface area contributed by atoms with Crippen molar-refractivity contribution in [3.8, 4) is 0 Å². The Balaban J connectivity index is 3.26. The Morgan fingerprint density at radius 2 is 1.73 bits per heavy atom. The van der Waals surface area contributed by atoms with E-state index >= 15 is 0 Å². The fraction of sp³-hybridized carbons (Fsp3) is 0.917. The maximum atomic E-state index is 11.2. The molecule has 15 heavy (non-hydrogen) atoms. The van der Waals surface area contributed by atoms with Gasteiger partial charge in [0.1, 0.15) is 6.61 Å². The van der Waals surface area contributed by atoms with Crippen LogP contribution in [0.15, 0.2) is 0 Å². The number of nitrogens with one attached hydrogen (secondary N) is 1. The molecular formula is C12H25NO2. The van der Waals surface area contributed by atoms with Gasteiger partial charge in [-0.3, -0.25) is 4.79 Å². The van der Waals surface area contributed by atoms with Crippen LogP contribution in [0.3, 0.4) is 0 Å². The summed E-state index contributed by atoms with van der Waals surface area (Å²) in [6, 6.07) is 0. The molecule has 0 aromatic rings. The molecule has 0 radical (unpaired) electrons. The van der Waals surface area contributed by atoms with Crippen LogP contribution >= 0.6 is 0 Å². The Bertz CT molecular complexity index is 167. The molecule has 0 aromatic carbocycles. The third kappa shape index (κ3) is 11.4. The third-order valence-electron chi connectivity index (χ3n) is 2.12. The van der Waals surface area contributed by atoms with E-state index in [-0.39, 0.29) is 12.5 Å². The smallest absolute Gasteiger partial charge is 0.245 e. The summed E-state index contributed by atoms with van der Waals surface area (Å²) in [6.07, 6.45) is 2.04. The standard InChI is InChI=1S/C12H25NO2/c1-10(2)5-7-13-12(14)9-15-8-6-11(3)4/h10-11H,5-9H2,1-4H3,(H,13,14). The molecule has 0 heterocycles. The van der Waals surface area contributed by atoms with Crippen LogP contribution in [-0.2, 0) is 9.53 Å². The Hall–Kier alpha value is -0.570. The lowest BCUT2D eigenvalue weighted by Gasteiger charge is -2.08. The molecule has 0 unspecified atom stereocenters. The first-order chi connectivity index (χ1) is 7.02. The maximum absolute atomic E-state index is 11.2. The number of hydrogen-bond donors (Lipinski definition) is 1. The first-order valence-corrected chi connectivity index (χ1v) is 5.86. The zero-order chi connectivity index (χ0) is 11.7. The predicted molar refractivity (Wildman–Crippen MR) is 62.7 cm³/mol. The van der Waals surface area contributed by atoms with E-state index in [4.69, 9.17) is 4.74 Å². The molecular weight excluding hydrogens is 190 g/mol. The zero-order valence-electron chi connectivity index (χ0n) is 10.5. The van der Waals surface area contributed by atoms with Gasteiger partial charge in [-0.2, -0.15) is 0 Å². The molecule has 0 aliphatic rings. The number of carbonyl (C=O) groups is 1. The fourth-order valence-electron chi connectivity index (χ4n) is 1.04. The average molecular weight is 215 g/mol. The first kappa shape index (κ1) is 14.4. The van der Waals surface area contributed by atoms with E-state index in [0.29, 0.717) is 18.4 Å². The second kappa shape index (κ2) is 8.72. The maximum Gasteiger partial charge on any atom is 0.245 e. The van der Waals surface area contributed by atoms with E-state index < -0.39 is 0 Å². The van der Waals surface area contributed by atoms with Gasteiger partial charge in [-0.1, -0.05) is 27.7 Å². The summed E-state index contributed by atoms with van der Waals surface area (Å²) in [7, 11) is 0. The molecule has 0 fully saturated rings. The molecule has 0 aromatic heterocycles. The van der Waals surface area contributed by atoms with Crippen LogP contribution in [0.25, 0.3) is 0 Å². The van der Waals surface area contributed by atoms with Gasteiger partial charge in [0.05, 0.1) is 0 Å². The Labute approximate surface area is 93.6 Å². The largest absolute Gasteiger partial charge is 0.372 e. The number of rotatable bonds is 8. The summed E-state index contributed by atoms with van der Waals surface area (Å²) in [5.74, 6) is 1.26. The number of ether oxygens (including phenoxy) is 1. The lowest BCUT2D eigenvalue weighted by Crippen LogP contribution is -2.29. The minimum Gasteiger partial charge on any atom is -0.372 e. The van der Waals surface area contributed by atoms with Gasteiger partial charge >= 0.3 is 0 Å². The minimum atomic E-state index is -0.000550. The van der Waals surface area contributed by atoms with Crippen molar-refractivity contribution in [2.45, 2.75) is 40.5 Å². The van der Waals surface area contributed by atoms with Crippen LogP contribution in [0.1, 0.15) is 40.5 Å². The predicted octanol–water partition coefficient (Wildman–Crippen LogP) is 2.21. The van der Waals surface area contributed by atoms with Crippen molar-refractivity contribution < 1.29 is 9.53 Å². The van der Waals surface area contributed by atoms with Gasteiger partial charge in [0.2, 0.25) is 5.91 Å². The summed E-state index contributed by atoms with van der Waals surface area (Å²) in [4.78, 5) is 11.2. The van der Waals surface area contributed by atoms with Crippen LogP contribution in [0.4, 0.5) is 0 Å². The van der Waals surface area contributed by atoms with E-state index in [1.165, 1.54) is 0 Å². The summed E-state index contributed by atoms with van der Waals surface area (Å²) in [5.41, 5.74) is 0. The van der Waals surface area contributed by atoms with E-state index in [1.54, 1.807) is 0 Å². The Morgan fingerprint density at radius 1 is 1.13 bits per heavy atom. The highest BCUT2D eigenvalue weighted by atomic mass is 16.5. The topological polar surface area (TPSA) is 38.3 Å². The van der Waals surface area contributed by atoms with Gasteiger partial charge in [-0.15, -0.1) is 0 Å². The monoisotopic (exact) mass is 215 g/mol. The molecule has 1 amide bonds. The summed E-state index contributed by atoms with van der Waals surface area (Å²) < 4.78 is 5.25. The Kier molecular flexibility index (Phi) is 8.38. The number of amides is 1. The average Bonchev–Trinajstić information content (AvgIpc) is 2.11. The highest BCUT2D eigenvalue weighted by molar-refractivity contribution is 5.77. The van der Waals surface area contributed by atoms with Crippen molar-refractivity contribution in [2.24, 2.45) is 11.8 Å². The lowest BCUT2D eigenvalue weighted by atomic mass is 10.1. The molecule has 0 aliphatic heterocycles. The molecule has 90 valence electrons. The first-order valence-electron chi connectivity index (χ1n) is 5.86. The van der Waals surface area contributed by atoms with E-state index in [2.05, 4.69) is 33.0 Å². The van der Waals surface area contributed by atoms with Gasteiger partial charge in [0.25, 0.3) is 0 Å². The van der Waals surface area contributed by atoms with E-state index in [0.717, 1.165) is 19.4 Å². The van der Waals surface area contributed by atoms with Crippen LogP contribution < -0.4 is 5.32 Å². The van der Waals surface area contributed by atoms with Gasteiger partial charge in [-0.25, -0.2) is 0 Å². The van der Waals surface area contributed by atoms with Gasteiger partial charge in [-0.05, 0) is 24.7 Å². The molecule has 0 saturated heterocycles. The third-order valence-corrected chi connectivity index (χ3v) is 2.12. The fourth-order valence-corrected chi connectivity index (χ4v) is 1.04. The summed E-state index contributed by atoms with van der Waals surface area (Å²) >= 11 is 0. The van der Waals surface area contributed by atoms with Gasteiger partial charge < -0.3 is 10.1 Å². The van der Waals surface area contributed by atoms with Gasteiger partial charge in [0, 0.05) is 13.2 Å². The Morgan fingerprint density at radius 3 is 2.27 bits per heavy atom. The van der Waals surface area contributed by atoms with Crippen molar-refractivity contribution >= 4 is 5.91 Å². The van der Waals surface area contributed by atoms with Crippen molar-refractivity contribution in [3.63, 3.8) is 0 Å². The lowest BCUT2D eigenvalue weighted by molar-refractivity contribution is -0.125. The van der Waals surface area contributed by atoms with Crippen LogP contribution in [-0.4, -0.2) is 25.7 Å². The van der Waals surface area contributed by atoms with Crippen molar-refractivity contribution in [2.75, 3.05) is 19.8 Å². The van der Waals surface area contributed by atoms with Gasteiger partial charge in [0.15, 0.2) is 0 Å². The minimum absolute atomic E-state index is 0.000550. The normalized spacial score (nSPS) is 11.1. The van der Waals surface area contributed by atoms with Crippen molar-refractivity contribution in [3.05, 3.63) is 0 Å². The molecule has 0 saturated carbocycles. The van der Waals surface area contributed by atoms with E-state index in [9.17, 15) is 4.79 Å². The summed E-state index contributed by atoms with van der Waals surface area (Å²) in [5, 5.41) is 2.84. The molecule has 0 atom stereocenters. The number of hydrogen-bond acceptors (Lipinski definition) is 2. The van der Waals surface area contributed by atoms with Crippen LogP contribution in [0, 0.1) is 11.8 Å². The summed E-state index contributed by atoms with van der Waals surface area (Å²) in [6.45, 7) is 10.2. The quantitative estimate of drug-likeness (QED) is 0.630. The molecule has 3 nitrogen and oxygen atoms in total. The SMILES string of the molecule is CC(C)CCNC(=O)COCCC(C)C. The molecule has 0 spiro atoms. The van der Waals surface area contributed by atoms with Crippen LogP contribution in [0.5, 0.6) is 0 Å². The second-order valence-electron chi connectivity index (χ2n) is 4.77. The number of carbonyl (C=O) groups excluding carboxylic acids is 1. The highest BCUT2D eigenvalue weighted by Crippen LogP contribution is 1.98. The molecule has 1 N–H and O–H groups in total. The second-order valence-corrected chi connectivity index (χ2v) is 4.77. The van der Waals surface area contributed by atoms with E-state index in [1.807, 2.05) is 0 Å². The molecule has 3 heteroatoms. The molecule has 0 rings (SSSR count).